The minimum absolute atomic E-state index is 0.0169. The summed E-state index contributed by atoms with van der Waals surface area (Å²) in [6.07, 6.45) is 0. The van der Waals surface area contributed by atoms with Crippen molar-refractivity contribution < 1.29 is 10.2 Å². The van der Waals surface area contributed by atoms with Gasteiger partial charge in [0.25, 0.3) is 0 Å². The van der Waals surface area contributed by atoms with E-state index in [1.807, 2.05) is 16.1 Å². The lowest BCUT2D eigenvalue weighted by Gasteiger charge is -2.27. The van der Waals surface area contributed by atoms with Crippen molar-refractivity contribution in [1.82, 2.24) is 14.8 Å². The van der Waals surface area contributed by atoms with Gasteiger partial charge in [-0.15, -0.1) is 11.3 Å². The number of anilines is 1. The number of thiazole rings is 1. The first-order valence-electron chi connectivity index (χ1n) is 5.77. The second-order valence-electron chi connectivity index (χ2n) is 4.21. The Morgan fingerprint density at radius 3 is 2.78 bits per heavy atom. The predicted molar refractivity (Wildman–Crippen MR) is 67.2 cm³/mol. The Bertz CT molecular complexity index is 551. The van der Waals surface area contributed by atoms with Gasteiger partial charge in [-0.05, 0) is 6.07 Å². The second-order valence-corrected chi connectivity index (χ2v) is 5.05. The number of hydrogen-bond donors (Lipinski definition) is 2. The molecule has 7 heteroatoms. The van der Waals surface area contributed by atoms with Crippen molar-refractivity contribution in [2.24, 2.45) is 0 Å². The maximum absolute atomic E-state index is 9.08. The average Bonchev–Trinajstić information content (AvgIpc) is 3.03. The lowest BCUT2D eigenvalue weighted by atomic mass is 10.3. The van der Waals surface area contributed by atoms with Gasteiger partial charge >= 0.3 is 0 Å². The third kappa shape index (κ3) is 2.00. The molecule has 0 atom stereocenters. The summed E-state index contributed by atoms with van der Waals surface area (Å²) < 4.78 is 1.93. The van der Waals surface area contributed by atoms with Gasteiger partial charge in [-0.25, -0.2) is 4.98 Å². The van der Waals surface area contributed by atoms with Crippen molar-refractivity contribution in [3.63, 3.8) is 0 Å². The van der Waals surface area contributed by atoms with Gasteiger partial charge < -0.3 is 15.1 Å². The quantitative estimate of drug-likeness (QED) is 0.838. The van der Waals surface area contributed by atoms with Crippen LogP contribution in [0.2, 0.25) is 0 Å². The van der Waals surface area contributed by atoms with E-state index >= 15 is 0 Å². The van der Waals surface area contributed by atoms with Crippen LogP contribution in [0.3, 0.4) is 0 Å². The predicted octanol–water partition coefficient (Wildman–Crippen LogP) is 0.344. The minimum atomic E-state index is -0.0219. The van der Waals surface area contributed by atoms with Crippen molar-refractivity contribution in [2.75, 3.05) is 11.4 Å². The summed E-state index contributed by atoms with van der Waals surface area (Å²) in [5.41, 5.74) is 2.51. The molecule has 0 unspecified atom stereocenters. The van der Waals surface area contributed by atoms with E-state index in [9.17, 15) is 0 Å². The highest BCUT2D eigenvalue weighted by atomic mass is 32.1. The van der Waals surface area contributed by atoms with Crippen LogP contribution < -0.4 is 4.90 Å². The summed E-state index contributed by atoms with van der Waals surface area (Å²) in [4.78, 5) is 6.54. The zero-order valence-corrected chi connectivity index (χ0v) is 10.6. The molecule has 96 valence electrons. The molecule has 1 aliphatic heterocycles. The molecule has 6 nitrogen and oxygen atoms in total. The van der Waals surface area contributed by atoms with Crippen LogP contribution in [0.15, 0.2) is 11.4 Å². The Kier molecular flexibility index (Phi) is 3.02. The van der Waals surface area contributed by atoms with Crippen molar-refractivity contribution in [1.29, 1.82) is 0 Å². The van der Waals surface area contributed by atoms with Gasteiger partial charge in [0, 0.05) is 11.9 Å². The highest BCUT2D eigenvalue weighted by Gasteiger charge is 2.20. The van der Waals surface area contributed by atoms with Crippen LogP contribution >= 0.6 is 11.3 Å². The van der Waals surface area contributed by atoms with Crippen LogP contribution in [-0.2, 0) is 26.3 Å². The topological polar surface area (TPSA) is 74.4 Å². The summed E-state index contributed by atoms with van der Waals surface area (Å²) in [6.45, 7) is 2.34. The van der Waals surface area contributed by atoms with Gasteiger partial charge in [0.1, 0.15) is 0 Å². The molecule has 0 bridgehead atoms. The summed E-state index contributed by atoms with van der Waals surface area (Å²) in [5, 5.41) is 25.2. The van der Waals surface area contributed by atoms with Gasteiger partial charge in [0.2, 0.25) is 0 Å². The fourth-order valence-electron chi connectivity index (χ4n) is 2.08. The third-order valence-electron chi connectivity index (χ3n) is 2.98. The van der Waals surface area contributed by atoms with E-state index in [0.717, 1.165) is 30.5 Å². The molecule has 0 aromatic carbocycles. The Morgan fingerprint density at radius 1 is 1.22 bits per heavy atom. The molecule has 0 radical (unpaired) electrons. The number of hydrogen-bond acceptors (Lipinski definition) is 6. The first-order chi connectivity index (χ1) is 8.80. The maximum atomic E-state index is 9.08. The molecule has 2 aromatic heterocycles. The van der Waals surface area contributed by atoms with Gasteiger partial charge in [0.15, 0.2) is 5.13 Å². The zero-order valence-electron chi connectivity index (χ0n) is 9.78. The van der Waals surface area contributed by atoms with Crippen molar-refractivity contribution >= 4 is 16.5 Å². The zero-order chi connectivity index (χ0) is 12.5. The molecule has 3 rings (SSSR count). The Morgan fingerprint density at radius 2 is 2.06 bits per heavy atom. The molecule has 0 fully saturated rings. The molecule has 0 aliphatic carbocycles. The molecule has 0 spiro atoms. The SMILES string of the molecule is OCc1csc(N2CCn3nc(CO)cc3C2)n1. The fourth-order valence-corrected chi connectivity index (χ4v) is 2.92. The largest absolute Gasteiger partial charge is 0.390 e. The van der Waals surface area contributed by atoms with Gasteiger partial charge in [-0.3, -0.25) is 4.68 Å². The first kappa shape index (κ1) is 11.6. The monoisotopic (exact) mass is 266 g/mol. The van der Waals surface area contributed by atoms with Crippen molar-refractivity contribution in [3.05, 3.63) is 28.5 Å². The summed E-state index contributed by atoms with van der Waals surface area (Å²) in [6, 6.07) is 1.92. The number of fused-ring (bicyclic) bond motifs is 1. The second kappa shape index (κ2) is 4.68. The van der Waals surface area contributed by atoms with E-state index in [-0.39, 0.29) is 13.2 Å². The molecule has 2 N–H and O–H groups in total. The van der Waals surface area contributed by atoms with Crippen LogP contribution in [0, 0.1) is 0 Å². The van der Waals surface area contributed by atoms with Crippen LogP contribution in [0.5, 0.6) is 0 Å². The maximum Gasteiger partial charge on any atom is 0.186 e. The first-order valence-corrected chi connectivity index (χ1v) is 6.65. The van der Waals surface area contributed by atoms with Crippen LogP contribution in [-0.4, -0.2) is 31.5 Å². The van der Waals surface area contributed by atoms with E-state index in [2.05, 4.69) is 15.0 Å². The number of rotatable bonds is 3. The minimum Gasteiger partial charge on any atom is -0.390 e. The Hall–Kier alpha value is -1.44. The molecule has 1 aliphatic rings. The smallest absolute Gasteiger partial charge is 0.186 e. The molecule has 0 amide bonds. The van der Waals surface area contributed by atoms with Crippen molar-refractivity contribution in [2.45, 2.75) is 26.3 Å². The summed E-state index contributed by atoms with van der Waals surface area (Å²) in [5.74, 6) is 0. The van der Waals surface area contributed by atoms with E-state index < -0.39 is 0 Å². The Balaban J connectivity index is 1.81. The number of aliphatic hydroxyl groups is 2. The molecule has 0 saturated carbocycles. The van der Waals surface area contributed by atoms with E-state index in [4.69, 9.17) is 10.2 Å². The molecule has 3 heterocycles. The van der Waals surface area contributed by atoms with E-state index in [0.29, 0.717) is 11.4 Å². The lowest BCUT2D eigenvalue weighted by Crippen LogP contribution is -2.33. The van der Waals surface area contributed by atoms with Crippen LogP contribution in [0.4, 0.5) is 5.13 Å². The number of aromatic nitrogens is 3. The summed E-state index contributed by atoms with van der Waals surface area (Å²) in [7, 11) is 0. The van der Waals surface area contributed by atoms with Crippen molar-refractivity contribution in [3.8, 4) is 0 Å². The average molecular weight is 266 g/mol. The van der Waals surface area contributed by atoms with Crippen LogP contribution in [0.1, 0.15) is 17.1 Å². The third-order valence-corrected chi connectivity index (χ3v) is 3.93. The number of nitrogens with zero attached hydrogens (tertiary/aromatic N) is 4. The molecule has 18 heavy (non-hydrogen) atoms. The molecule has 2 aromatic rings. The highest BCUT2D eigenvalue weighted by Crippen LogP contribution is 2.25. The van der Waals surface area contributed by atoms with E-state index in [1.165, 1.54) is 0 Å². The summed E-state index contributed by atoms with van der Waals surface area (Å²) >= 11 is 1.54. The van der Waals surface area contributed by atoms with Gasteiger partial charge in [-0.1, -0.05) is 0 Å². The number of aliphatic hydroxyl groups excluding tert-OH is 2. The normalized spacial score (nSPS) is 14.9. The molecular formula is C11H14N4O2S. The fraction of sp³-hybridized carbons (Fsp3) is 0.455. The van der Waals surface area contributed by atoms with Gasteiger partial charge in [0.05, 0.1) is 43.4 Å². The molecular weight excluding hydrogens is 252 g/mol. The Labute approximate surface area is 108 Å². The van der Waals surface area contributed by atoms with E-state index in [1.54, 1.807) is 11.3 Å². The van der Waals surface area contributed by atoms with Gasteiger partial charge in [-0.2, -0.15) is 5.10 Å². The lowest BCUT2D eigenvalue weighted by molar-refractivity contribution is 0.275. The van der Waals surface area contributed by atoms with Crippen LogP contribution in [0.25, 0.3) is 0 Å². The highest BCUT2D eigenvalue weighted by molar-refractivity contribution is 7.13. The standard InChI is InChI=1S/C11H14N4O2S/c16-5-8-3-10-4-14(1-2-15(10)13-8)11-12-9(6-17)7-18-11/h3,7,16-17H,1-2,4-6H2. The molecule has 0 saturated heterocycles.